The molecule has 3 aliphatic rings. The maximum absolute atomic E-state index is 13.0. The quantitative estimate of drug-likeness (QED) is 0.851. The molecule has 5 atom stereocenters. The van der Waals surface area contributed by atoms with Gasteiger partial charge in [-0.3, -0.25) is 9.59 Å². The first kappa shape index (κ1) is 14.5. The summed E-state index contributed by atoms with van der Waals surface area (Å²) in [5.41, 5.74) is -1.15. The lowest BCUT2D eigenvalue weighted by atomic mass is 9.79. The highest BCUT2D eigenvalue weighted by Crippen LogP contribution is 2.57. The predicted octanol–water partition coefficient (Wildman–Crippen LogP) is 2.84. The highest BCUT2D eigenvalue weighted by molar-refractivity contribution is 5.97. The third kappa shape index (κ3) is 2.13. The van der Waals surface area contributed by atoms with Gasteiger partial charge in [0, 0.05) is 5.92 Å². The molecule has 1 aromatic rings. The van der Waals surface area contributed by atoms with Crippen molar-refractivity contribution in [2.24, 2.45) is 23.7 Å². The summed E-state index contributed by atoms with van der Waals surface area (Å²) in [7, 11) is 0. The van der Waals surface area contributed by atoms with E-state index < -0.39 is 29.5 Å². The van der Waals surface area contributed by atoms with E-state index in [1.807, 2.05) is 0 Å². The third-order valence-corrected chi connectivity index (χ3v) is 5.28. The second-order valence-corrected chi connectivity index (χ2v) is 6.45. The summed E-state index contributed by atoms with van der Waals surface area (Å²) in [5.74, 6) is -1.94. The molecule has 1 heterocycles. The maximum atomic E-state index is 13.0. The zero-order valence-electron chi connectivity index (χ0n) is 12.0. The van der Waals surface area contributed by atoms with Crippen molar-refractivity contribution in [3.8, 4) is 0 Å². The summed E-state index contributed by atoms with van der Waals surface area (Å²) in [6.07, 6.45) is -3.29. The van der Waals surface area contributed by atoms with Crippen molar-refractivity contribution in [3.63, 3.8) is 0 Å². The fraction of sp³-hybridized carbons (Fsp3) is 0.500. The molecule has 0 aromatic heterocycles. The number of alkyl halides is 3. The van der Waals surface area contributed by atoms with Gasteiger partial charge in [-0.1, -0.05) is 12.1 Å². The Morgan fingerprint density at radius 1 is 1.22 bits per heavy atom. The molecule has 1 saturated heterocycles. The van der Waals surface area contributed by atoms with Crippen LogP contribution in [0, 0.1) is 23.7 Å². The van der Waals surface area contributed by atoms with E-state index in [1.54, 1.807) is 0 Å². The molecule has 4 nitrogen and oxygen atoms in total. The number of amides is 1. The fourth-order valence-electron chi connectivity index (χ4n) is 4.42. The first-order valence-electron chi connectivity index (χ1n) is 7.54. The Morgan fingerprint density at radius 2 is 1.96 bits per heavy atom. The summed E-state index contributed by atoms with van der Waals surface area (Å²) in [6.45, 7) is 0. The van der Waals surface area contributed by atoms with E-state index in [9.17, 15) is 22.8 Å². The average Bonchev–Trinajstić information content (AvgIpc) is 3.08. The number of esters is 1. The van der Waals surface area contributed by atoms with Gasteiger partial charge in [-0.2, -0.15) is 13.2 Å². The smallest absolute Gasteiger partial charge is 0.418 e. The number of hydrogen-bond donors (Lipinski definition) is 1. The number of benzene rings is 1. The van der Waals surface area contributed by atoms with E-state index >= 15 is 0 Å². The van der Waals surface area contributed by atoms with Gasteiger partial charge >= 0.3 is 12.1 Å². The van der Waals surface area contributed by atoms with E-state index in [0.29, 0.717) is 6.42 Å². The molecule has 1 aliphatic heterocycles. The van der Waals surface area contributed by atoms with Crippen LogP contribution >= 0.6 is 0 Å². The molecular weight excluding hydrogens is 311 g/mol. The molecule has 23 heavy (non-hydrogen) atoms. The number of carbonyl (C=O) groups is 2. The Bertz CT molecular complexity index is 685. The van der Waals surface area contributed by atoms with Crippen LogP contribution in [0.15, 0.2) is 24.3 Å². The zero-order chi connectivity index (χ0) is 16.4. The molecule has 0 unspecified atom stereocenters. The van der Waals surface area contributed by atoms with Gasteiger partial charge in [0.05, 0.1) is 23.1 Å². The van der Waals surface area contributed by atoms with Gasteiger partial charge in [0.15, 0.2) is 0 Å². The number of anilines is 1. The monoisotopic (exact) mass is 325 g/mol. The lowest BCUT2D eigenvalue weighted by molar-refractivity contribution is -0.145. The first-order chi connectivity index (χ1) is 10.9. The Labute approximate surface area is 130 Å². The van der Waals surface area contributed by atoms with E-state index in [4.69, 9.17) is 4.74 Å². The number of halogens is 3. The minimum atomic E-state index is -4.55. The van der Waals surface area contributed by atoms with Crippen LogP contribution < -0.4 is 5.32 Å². The number of carbonyl (C=O) groups excluding carboxylic acids is 2. The van der Waals surface area contributed by atoms with E-state index in [2.05, 4.69) is 5.32 Å². The number of fused-ring (bicyclic) bond motifs is 1. The van der Waals surface area contributed by atoms with Crippen LogP contribution in [0.1, 0.15) is 18.4 Å². The standard InChI is InChI=1S/C16H14F3NO3/c17-16(18,19)9-3-1-2-4-10(9)20-14(21)12-7-5-8-11(6-7)23-15(22)13(8)12/h1-4,7-8,11-13H,5-6H2,(H,20,21)/t7-,8-,11-,12+,13+/m1/s1. The second-order valence-electron chi connectivity index (χ2n) is 6.45. The number of rotatable bonds is 2. The van der Waals surface area contributed by atoms with Crippen LogP contribution in [0.5, 0.6) is 0 Å². The molecule has 1 N–H and O–H groups in total. The molecule has 122 valence electrons. The number of nitrogens with one attached hydrogen (secondary N) is 1. The first-order valence-corrected chi connectivity index (χ1v) is 7.54. The minimum Gasteiger partial charge on any atom is -0.462 e. The highest BCUT2D eigenvalue weighted by Gasteiger charge is 2.63. The van der Waals surface area contributed by atoms with Crippen LogP contribution in [0.3, 0.4) is 0 Å². The van der Waals surface area contributed by atoms with Crippen molar-refractivity contribution in [1.29, 1.82) is 0 Å². The fourth-order valence-corrected chi connectivity index (χ4v) is 4.42. The van der Waals surface area contributed by atoms with E-state index in [1.165, 1.54) is 18.2 Å². The Balaban J connectivity index is 1.59. The van der Waals surface area contributed by atoms with Crippen LogP contribution in [-0.4, -0.2) is 18.0 Å². The number of hydrogen-bond acceptors (Lipinski definition) is 3. The minimum absolute atomic E-state index is 0.0134. The Kier molecular flexibility index (Phi) is 2.98. The molecule has 1 aromatic carbocycles. The summed E-state index contributed by atoms with van der Waals surface area (Å²) in [5, 5.41) is 2.38. The van der Waals surface area contributed by atoms with Gasteiger partial charge in [-0.05, 0) is 30.9 Å². The van der Waals surface area contributed by atoms with E-state index in [0.717, 1.165) is 12.5 Å². The summed E-state index contributed by atoms with van der Waals surface area (Å²) >= 11 is 0. The van der Waals surface area contributed by atoms with Crippen LogP contribution in [0.2, 0.25) is 0 Å². The van der Waals surface area contributed by atoms with Crippen molar-refractivity contribution in [2.45, 2.75) is 25.1 Å². The van der Waals surface area contributed by atoms with Crippen LogP contribution in [0.4, 0.5) is 18.9 Å². The molecular formula is C16H14F3NO3. The van der Waals surface area contributed by atoms with Gasteiger partial charge in [0.1, 0.15) is 6.10 Å². The van der Waals surface area contributed by atoms with Crippen molar-refractivity contribution < 1.29 is 27.5 Å². The van der Waals surface area contributed by atoms with Gasteiger partial charge in [-0.15, -0.1) is 0 Å². The zero-order valence-corrected chi connectivity index (χ0v) is 12.0. The van der Waals surface area contributed by atoms with Crippen LogP contribution in [0.25, 0.3) is 0 Å². The third-order valence-electron chi connectivity index (χ3n) is 5.28. The summed E-state index contributed by atoms with van der Waals surface area (Å²) < 4.78 is 44.3. The predicted molar refractivity (Wildman–Crippen MR) is 73.1 cm³/mol. The van der Waals surface area contributed by atoms with Crippen molar-refractivity contribution in [3.05, 3.63) is 29.8 Å². The van der Waals surface area contributed by atoms with Crippen molar-refractivity contribution in [2.75, 3.05) is 5.32 Å². The molecule has 3 fully saturated rings. The molecule has 2 bridgehead atoms. The Morgan fingerprint density at radius 3 is 2.70 bits per heavy atom. The largest absolute Gasteiger partial charge is 0.462 e. The summed E-state index contributed by atoms with van der Waals surface area (Å²) in [4.78, 5) is 24.4. The Hall–Kier alpha value is -2.05. The molecule has 2 saturated carbocycles. The second kappa shape index (κ2) is 4.72. The maximum Gasteiger partial charge on any atom is 0.418 e. The van der Waals surface area contributed by atoms with Gasteiger partial charge < -0.3 is 10.1 Å². The van der Waals surface area contributed by atoms with E-state index in [-0.39, 0.29) is 29.6 Å². The lowest BCUT2D eigenvalue weighted by Gasteiger charge is -2.24. The summed E-state index contributed by atoms with van der Waals surface area (Å²) in [6, 6.07) is 4.86. The molecule has 4 rings (SSSR count). The van der Waals surface area contributed by atoms with Crippen molar-refractivity contribution in [1.82, 2.24) is 0 Å². The SMILES string of the molecule is O=C(Nc1ccccc1C(F)(F)F)[C@H]1[C@@H]2C[C@H]3[C@@H]1C(=O)O[C@@H]3C2. The van der Waals surface area contributed by atoms with Gasteiger partial charge in [-0.25, -0.2) is 0 Å². The van der Waals surface area contributed by atoms with Crippen molar-refractivity contribution >= 4 is 17.6 Å². The lowest BCUT2D eigenvalue weighted by Crippen LogP contribution is -2.36. The van der Waals surface area contributed by atoms with Gasteiger partial charge in [0.2, 0.25) is 5.91 Å². The number of ether oxygens (including phenoxy) is 1. The highest BCUT2D eigenvalue weighted by atomic mass is 19.4. The molecule has 2 aliphatic carbocycles. The topological polar surface area (TPSA) is 55.4 Å². The van der Waals surface area contributed by atoms with Crippen LogP contribution in [-0.2, 0) is 20.5 Å². The molecule has 0 radical (unpaired) electrons. The average molecular weight is 325 g/mol. The number of para-hydroxylation sites is 1. The normalized spacial score (nSPS) is 34.6. The molecule has 7 heteroatoms. The molecule has 1 amide bonds. The molecule has 0 spiro atoms. The van der Waals surface area contributed by atoms with Gasteiger partial charge in [0.25, 0.3) is 0 Å².